The summed E-state index contributed by atoms with van der Waals surface area (Å²) >= 11 is 0. The lowest BCUT2D eigenvalue weighted by Gasteiger charge is -2.45. The van der Waals surface area contributed by atoms with Crippen LogP contribution in [0.2, 0.25) is 0 Å². The summed E-state index contributed by atoms with van der Waals surface area (Å²) in [7, 11) is 0. The standard InChI is InChI=1S/C15H30N2/c1-11(2)14(12(3)4)9-16-15-10-17-7-5-13(15)6-8-17/h11-16H,5-10H2,1-4H3. The molecule has 0 aliphatic carbocycles. The minimum absolute atomic E-state index is 0.775. The zero-order valence-electron chi connectivity index (χ0n) is 12.1. The zero-order valence-corrected chi connectivity index (χ0v) is 12.1. The zero-order chi connectivity index (χ0) is 12.4. The molecule has 0 aromatic rings. The average Bonchev–Trinajstić information content (AvgIpc) is 2.30. The fraction of sp³-hybridized carbons (Fsp3) is 1.00. The Kier molecular flexibility index (Phi) is 4.48. The molecule has 3 rings (SSSR count). The Morgan fingerprint density at radius 1 is 1.06 bits per heavy atom. The second-order valence-electron chi connectivity index (χ2n) is 6.80. The smallest absolute Gasteiger partial charge is 0.0224 e. The summed E-state index contributed by atoms with van der Waals surface area (Å²) in [6, 6.07) is 0.775. The van der Waals surface area contributed by atoms with E-state index in [0.717, 1.165) is 29.7 Å². The van der Waals surface area contributed by atoms with Gasteiger partial charge in [0, 0.05) is 12.6 Å². The largest absolute Gasteiger partial charge is 0.312 e. The Hall–Kier alpha value is -0.0800. The van der Waals surface area contributed by atoms with Gasteiger partial charge in [0.2, 0.25) is 0 Å². The predicted molar refractivity (Wildman–Crippen MR) is 74.1 cm³/mol. The van der Waals surface area contributed by atoms with E-state index in [1.807, 2.05) is 0 Å². The second-order valence-corrected chi connectivity index (χ2v) is 6.80. The van der Waals surface area contributed by atoms with Crippen LogP contribution in [-0.2, 0) is 0 Å². The number of nitrogens with zero attached hydrogens (tertiary/aromatic N) is 1. The molecular formula is C15H30N2. The first-order chi connectivity index (χ1) is 8.08. The maximum atomic E-state index is 3.87. The van der Waals surface area contributed by atoms with E-state index < -0.39 is 0 Å². The highest BCUT2D eigenvalue weighted by molar-refractivity contribution is 4.91. The Bertz CT molecular complexity index is 221. The van der Waals surface area contributed by atoms with Crippen LogP contribution in [0.1, 0.15) is 40.5 Å². The number of piperidine rings is 3. The van der Waals surface area contributed by atoms with Crippen molar-refractivity contribution in [3.05, 3.63) is 0 Å². The SMILES string of the molecule is CC(C)C(CNC1CN2CCC1CC2)C(C)C. The third-order valence-corrected chi connectivity index (χ3v) is 4.98. The van der Waals surface area contributed by atoms with Crippen molar-refractivity contribution in [2.24, 2.45) is 23.7 Å². The van der Waals surface area contributed by atoms with E-state index in [2.05, 4.69) is 37.9 Å². The van der Waals surface area contributed by atoms with E-state index in [1.165, 1.54) is 39.0 Å². The van der Waals surface area contributed by atoms with Crippen molar-refractivity contribution in [1.82, 2.24) is 10.2 Å². The van der Waals surface area contributed by atoms with Gasteiger partial charge < -0.3 is 10.2 Å². The van der Waals surface area contributed by atoms with Crippen LogP contribution in [0.3, 0.4) is 0 Å². The molecule has 3 heterocycles. The molecule has 2 nitrogen and oxygen atoms in total. The first-order valence-corrected chi connectivity index (χ1v) is 7.53. The van der Waals surface area contributed by atoms with Gasteiger partial charge in [-0.05, 0) is 56.1 Å². The third kappa shape index (κ3) is 3.23. The molecule has 0 aromatic heterocycles. The molecule has 0 aromatic carbocycles. The monoisotopic (exact) mass is 238 g/mol. The van der Waals surface area contributed by atoms with Crippen molar-refractivity contribution in [1.29, 1.82) is 0 Å². The fourth-order valence-corrected chi connectivity index (χ4v) is 3.72. The maximum absolute atomic E-state index is 3.87. The van der Waals surface area contributed by atoms with Crippen molar-refractivity contribution < 1.29 is 0 Å². The van der Waals surface area contributed by atoms with Crippen molar-refractivity contribution in [3.63, 3.8) is 0 Å². The lowest BCUT2D eigenvalue weighted by atomic mass is 9.82. The van der Waals surface area contributed by atoms with Crippen molar-refractivity contribution in [3.8, 4) is 0 Å². The lowest BCUT2D eigenvalue weighted by molar-refractivity contribution is 0.0677. The highest BCUT2D eigenvalue weighted by Gasteiger charge is 2.34. The first-order valence-electron chi connectivity index (χ1n) is 7.53. The van der Waals surface area contributed by atoms with Gasteiger partial charge in [-0.1, -0.05) is 27.7 Å². The van der Waals surface area contributed by atoms with E-state index in [-0.39, 0.29) is 0 Å². The summed E-state index contributed by atoms with van der Waals surface area (Å²) in [5, 5.41) is 3.87. The second kappa shape index (κ2) is 5.71. The van der Waals surface area contributed by atoms with Gasteiger partial charge in [0.15, 0.2) is 0 Å². The summed E-state index contributed by atoms with van der Waals surface area (Å²) in [6.07, 6.45) is 2.84. The van der Waals surface area contributed by atoms with Crippen LogP contribution >= 0.6 is 0 Å². The van der Waals surface area contributed by atoms with E-state index in [1.54, 1.807) is 0 Å². The Labute approximate surface area is 107 Å². The molecule has 3 fully saturated rings. The van der Waals surface area contributed by atoms with Gasteiger partial charge in [-0.15, -0.1) is 0 Å². The molecule has 0 spiro atoms. The van der Waals surface area contributed by atoms with E-state index in [0.29, 0.717) is 0 Å². The number of hydrogen-bond acceptors (Lipinski definition) is 2. The van der Waals surface area contributed by atoms with Crippen LogP contribution in [0, 0.1) is 23.7 Å². The molecule has 2 heteroatoms. The van der Waals surface area contributed by atoms with E-state index in [9.17, 15) is 0 Å². The number of fused-ring (bicyclic) bond motifs is 3. The van der Waals surface area contributed by atoms with Crippen molar-refractivity contribution >= 4 is 0 Å². The molecule has 1 atom stereocenters. The van der Waals surface area contributed by atoms with Gasteiger partial charge in [0.05, 0.1) is 0 Å². The Morgan fingerprint density at radius 3 is 2.06 bits per heavy atom. The van der Waals surface area contributed by atoms with Crippen LogP contribution in [0.5, 0.6) is 0 Å². The minimum Gasteiger partial charge on any atom is -0.312 e. The van der Waals surface area contributed by atoms with Gasteiger partial charge in [0.25, 0.3) is 0 Å². The Balaban J connectivity index is 1.81. The van der Waals surface area contributed by atoms with Gasteiger partial charge in [-0.3, -0.25) is 0 Å². The molecule has 0 saturated carbocycles. The quantitative estimate of drug-likeness (QED) is 0.792. The highest BCUT2D eigenvalue weighted by atomic mass is 15.2. The highest BCUT2D eigenvalue weighted by Crippen LogP contribution is 2.28. The topological polar surface area (TPSA) is 15.3 Å². The van der Waals surface area contributed by atoms with Gasteiger partial charge in [0.1, 0.15) is 0 Å². The maximum Gasteiger partial charge on any atom is 0.0224 e. The van der Waals surface area contributed by atoms with Crippen molar-refractivity contribution in [2.45, 2.75) is 46.6 Å². The lowest BCUT2D eigenvalue weighted by Crippen LogP contribution is -2.57. The number of hydrogen-bond donors (Lipinski definition) is 1. The molecule has 3 aliphatic rings. The van der Waals surface area contributed by atoms with Crippen LogP contribution in [0.25, 0.3) is 0 Å². The molecule has 3 aliphatic heterocycles. The normalized spacial score (nSPS) is 33.0. The third-order valence-electron chi connectivity index (χ3n) is 4.98. The molecule has 0 amide bonds. The Morgan fingerprint density at radius 2 is 1.65 bits per heavy atom. The first kappa shape index (κ1) is 13.4. The van der Waals surface area contributed by atoms with Gasteiger partial charge in [-0.2, -0.15) is 0 Å². The molecule has 100 valence electrons. The fourth-order valence-electron chi connectivity index (χ4n) is 3.72. The molecule has 3 saturated heterocycles. The summed E-state index contributed by atoms with van der Waals surface area (Å²) in [5.41, 5.74) is 0. The number of nitrogens with one attached hydrogen (secondary N) is 1. The van der Waals surface area contributed by atoms with Crippen molar-refractivity contribution in [2.75, 3.05) is 26.2 Å². The van der Waals surface area contributed by atoms with Crippen LogP contribution < -0.4 is 5.32 Å². The summed E-state index contributed by atoms with van der Waals surface area (Å²) in [5.74, 6) is 3.37. The van der Waals surface area contributed by atoms with Crippen LogP contribution in [-0.4, -0.2) is 37.1 Å². The summed E-state index contributed by atoms with van der Waals surface area (Å²) in [6.45, 7) is 14.7. The molecule has 0 radical (unpaired) electrons. The number of rotatable bonds is 5. The van der Waals surface area contributed by atoms with Crippen LogP contribution in [0.15, 0.2) is 0 Å². The molecule has 2 bridgehead atoms. The van der Waals surface area contributed by atoms with E-state index >= 15 is 0 Å². The van der Waals surface area contributed by atoms with Gasteiger partial charge in [-0.25, -0.2) is 0 Å². The molecule has 1 unspecified atom stereocenters. The minimum atomic E-state index is 0.775. The summed E-state index contributed by atoms with van der Waals surface area (Å²) < 4.78 is 0. The molecule has 17 heavy (non-hydrogen) atoms. The predicted octanol–water partition coefficient (Wildman–Crippen LogP) is 2.60. The summed E-state index contributed by atoms with van der Waals surface area (Å²) in [4.78, 5) is 2.64. The van der Waals surface area contributed by atoms with E-state index in [4.69, 9.17) is 0 Å². The average molecular weight is 238 g/mol. The molecular weight excluding hydrogens is 208 g/mol. The van der Waals surface area contributed by atoms with Gasteiger partial charge >= 0.3 is 0 Å². The molecule has 1 N–H and O–H groups in total. The van der Waals surface area contributed by atoms with Crippen LogP contribution in [0.4, 0.5) is 0 Å².